The zero-order chi connectivity index (χ0) is 13.8. The first kappa shape index (κ1) is 14.2. The number of hydrogen-bond donors (Lipinski definition) is 1. The van der Waals surface area contributed by atoms with Crippen LogP contribution in [0.3, 0.4) is 0 Å². The zero-order valence-corrected chi connectivity index (χ0v) is 12.7. The van der Waals surface area contributed by atoms with Crippen LogP contribution in [0.2, 0.25) is 0 Å². The maximum absolute atomic E-state index is 4.37. The molecule has 0 saturated carbocycles. The molecule has 0 aliphatic heterocycles. The highest BCUT2D eigenvalue weighted by Crippen LogP contribution is 2.30. The second kappa shape index (κ2) is 6.26. The third-order valence-electron chi connectivity index (χ3n) is 3.51. The highest BCUT2D eigenvalue weighted by molar-refractivity contribution is 7.11. The van der Waals surface area contributed by atoms with Crippen LogP contribution < -0.4 is 5.32 Å². The normalized spacial score (nSPS) is 14.6. The number of hydrogen-bond acceptors (Lipinski definition) is 4. The predicted octanol–water partition coefficient (Wildman–Crippen LogP) is 3.61. The molecule has 0 saturated heterocycles. The molecule has 2 aromatic rings. The molecule has 0 fully saturated rings. The molecule has 0 radical (unpaired) electrons. The first-order chi connectivity index (χ1) is 9.13. The van der Waals surface area contributed by atoms with E-state index in [0.717, 1.165) is 10.0 Å². The van der Waals surface area contributed by atoms with Gasteiger partial charge in [-0.15, -0.1) is 10.2 Å². The summed E-state index contributed by atoms with van der Waals surface area (Å²) in [4.78, 5) is 0. The van der Waals surface area contributed by atoms with Crippen LogP contribution in [0, 0.1) is 5.92 Å². The minimum Gasteiger partial charge on any atom is -0.307 e. The van der Waals surface area contributed by atoms with Crippen LogP contribution in [-0.4, -0.2) is 17.2 Å². The first-order valence-corrected chi connectivity index (χ1v) is 7.50. The van der Waals surface area contributed by atoms with Crippen molar-refractivity contribution in [2.24, 2.45) is 5.92 Å². The van der Waals surface area contributed by atoms with E-state index in [0.29, 0.717) is 11.8 Å². The average Bonchev–Trinajstić information content (AvgIpc) is 2.89. The predicted molar refractivity (Wildman–Crippen MR) is 80.5 cm³/mol. The van der Waals surface area contributed by atoms with Crippen LogP contribution in [0.4, 0.5) is 0 Å². The standard InChI is InChI=1S/C15H21N3S/c1-10(2)11(3)14-17-18-15(19-14)13(16-4)12-8-6-5-7-9-12/h5-11,13,16H,1-4H3. The lowest BCUT2D eigenvalue weighted by molar-refractivity contribution is 0.528. The second-order valence-corrected chi connectivity index (χ2v) is 6.18. The maximum Gasteiger partial charge on any atom is 0.139 e. The Morgan fingerprint density at radius 2 is 1.63 bits per heavy atom. The number of rotatable bonds is 5. The third kappa shape index (κ3) is 3.19. The van der Waals surface area contributed by atoms with E-state index in [1.54, 1.807) is 11.3 Å². The van der Waals surface area contributed by atoms with E-state index in [1.807, 2.05) is 13.1 Å². The monoisotopic (exact) mass is 275 g/mol. The fourth-order valence-electron chi connectivity index (χ4n) is 1.91. The van der Waals surface area contributed by atoms with Crippen LogP contribution in [0.15, 0.2) is 30.3 Å². The van der Waals surface area contributed by atoms with E-state index in [9.17, 15) is 0 Å². The lowest BCUT2D eigenvalue weighted by Gasteiger charge is -2.13. The van der Waals surface area contributed by atoms with E-state index < -0.39 is 0 Å². The maximum atomic E-state index is 4.37. The van der Waals surface area contributed by atoms with Crippen LogP contribution in [0.1, 0.15) is 48.3 Å². The molecule has 4 heteroatoms. The summed E-state index contributed by atoms with van der Waals surface area (Å²) in [6.45, 7) is 6.66. The van der Waals surface area contributed by atoms with Gasteiger partial charge < -0.3 is 5.32 Å². The average molecular weight is 275 g/mol. The molecule has 1 aromatic heterocycles. The molecule has 2 unspecified atom stereocenters. The Labute approximate surface area is 119 Å². The van der Waals surface area contributed by atoms with Gasteiger partial charge in [0.05, 0.1) is 6.04 Å². The van der Waals surface area contributed by atoms with Gasteiger partial charge in [-0.3, -0.25) is 0 Å². The minimum atomic E-state index is 0.131. The van der Waals surface area contributed by atoms with E-state index in [-0.39, 0.29) is 6.04 Å². The fourth-order valence-corrected chi connectivity index (χ4v) is 3.12. The zero-order valence-electron chi connectivity index (χ0n) is 11.9. The Kier molecular flexibility index (Phi) is 4.66. The number of benzene rings is 1. The summed E-state index contributed by atoms with van der Waals surface area (Å²) in [6, 6.07) is 10.5. The van der Waals surface area contributed by atoms with Crippen LogP contribution in [0.25, 0.3) is 0 Å². The third-order valence-corrected chi connectivity index (χ3v) is 4.70. The molecule has 1 N–H and O–H groups in total. The van der Waals surface area contributed by atoms with E-state index in [1.165, 1.54) is 5.56 Å². The molecule has 2 atom stereocenters. The van der Waals surface area contributed by atoms with Crippen molar-refractivity contribution in [1.82, 2.24) is 15.5 Å². The van der Waals surface area contributed by atoms with Gasteiger partial charge in [0.15, 0.2) is 0 Å². The highest BCUT2D eigenvalue weighted by atomic mass is 32.1. The lowest BCUT2D eigenvalue weighted by Crippen LogP contribution is -2.17. The molecular formula is C15H21N3S. The summed E-state index contributed by atoms with van der Waals surface area (Å²) < 4.78 is 0. The molecule has 102 valence electrons. The van der Waals surface area contributed by atoms with Gasteiger partial charge in [-0.05, 0) is 18.5 Å². The van der Waals surface area contributed by atoms with Crippen molar-refractivity contribution >= 4 is 11.3 Å². The van der Waals surface area contributed by atoms with Crippen molar-refractivity contribution < 1.29 is 0 Å². The van der Waals surface area contributed by atoms with Gasteiger partial charge in [0, 0.05) is 5.92 Å². The van der Waals surface area contributed by atoms with Crippen LogP contribution >= 0.6 is 11.3 Å². The van der Waals surface area contributed by atoms with Crippen molar-refractivity contribution in [2.75, 3.05) is 7.05 Å². The summed E-state index contributed by atoms with van der Waals surface area (Å²) in [5.41, 5.74) is 1.23. The minimum absolute atomic E-state index is 0.131. The topological polar surface area (TPSA) is 37.8 Å². The van der Waals surface area contributed by atoms with Crippen molar-refractivity contribution in [1.29, 1.82) is 0 Å². The van der Waals surface area contributed by atoms with Gasteiger partial charge in [-0.2, -0.15) is 0 Å². The molecule has 0 aliphatic rings. The summed E-state index contributed by atoms with van der Waals surface area (Å²) in [6.07, 6.45) is 0. The highest BCUT2D eigenvalue weighted by Gasteiger charge is 2.20. The molecule has 3 nitrogen and oxygen atoms in total. The SMILES string of the molecule is CNC(c1ccccc1)c1nnc(C(C)C(C)C)s1. The van der Waals surface area contributed by atoms with Gasteiger partial charge in [0.25, 0.3) is 0 Å². The Balaban J connectivity index is 2.26. The van der Waals surface area contributed by atoms with Crippen LogP contribution in [0.5, 0.6) is 0 Å². The lowest BCUT2D eigenvalue weighted by atomic mass is 9.99. The first-order valence-electron chi connectivity index (χ1n) is 6.69. The van der Waals surface area contributed by atoms with Crippen molar-refractivity contribution in [3.63, 3.8) is 0 Å². The molecular weight excluding hydrogens is 254 g/mol. The van der Waals surface area contributed by atoms with Gasteiger partial charge >= 0.3 is 0 Å². The Morgan fingerprint density at radius 1 is 1.00 bits per heavy atom. The Bertz CT molecular complexity index is 507. The van der Waals surface area contributed by atoms with Crippen molar-refractivity contribution in [3.8, 4) is 0 Å². The van der Waals surface area contributed by atoms with Crippen LogP contribution in [-0.2, 0) is 0 Å². The van der Waals surface area contributed by atoms with Gasteiger partial charge in [-0.1, -0.05) is 62.4 Å². The summed E-state index contributed by atoms with van der Waals surface area (Å²) >= 11 is 1.71. The molecule has 0 amide bonds. The molecule has 2 rings (SSSR count). The van der Waals surface area contributed by atoms with E-state index in [2.05, 4.69) is 60.6 Å². The molecule has 0 spiro atoms. The Hall–Kier alpha value is -1.26. The Morgan fingerprint density at radius 3 is 2.21 bits per heavy atom. The second-order valence-electron chi connectivity index (χ2n) is 5.14. The largest absolute Gasteiger partial charge is 0.307 e. The number of nitrogens with one attached hydrogen (secondary N) is 1. The smallest absolute Gasteiger partial charge is 0.139 e. The summed E-state index contributed by atoms with van der Waals surface area (Å²) in [5.74, 6) is 1.05. The fraction of sp³-hybridized carbons (Fsp3) is 0.467. The number of nitrogens with zero attached hydrogens (tertiary/aromatic N) is 2. The summed E-state index contributed by atoms with van der Waals surface area (Å²) in [7, 11) is 1.96. The molecule has 0 aliphatic carbocycles. The molecule has 1 aromatic carbocycles. The van der Waals surface area contributed by atoms with Crippen molar-refractivity contribution in [2.45, 2.75) is 32.7 Å². The molecule has 19 heavy (non-hydrogen) atoms. The van der Waals surface area contributed by atoms with Gasteiger partial charge in [0.1, 0.15) is 10.0 Å². The molecule has 0 bridgehead atoms. The van der Waals surface area contributed by atoms with Gasteiger partial charge in [-0.25, -0.2) is 0 Å². The summed E-state index contributed by atoms with van der Waals surface area (Å²) in [5, 5.41) is 14.2. The van der Waals surface area contributed by atoms with E-state index in [4.69, 9.17) is 0 Å². The van der Waals surface area contributed by atoms with Gasteiger partial charge in [0.2, 0.25) is 0 Å². The number of aromatic nitrogens is 2. The quantitative estimate of drug-likeness (QED) is 0.906. The molecule has 1 heterocycles. The van der Waals surface area contributed by atoms with Crippen molar-refractivity contribution in [3.05, 3.63) is 45.9 Å². The van der Waals surface area contributed by atoms with E-state index >= 15 is 0 Å².